The Balaban J connectivity index is 1.68. The summed E-state index contributed by atoms with van der Waals surface area (Å²) >= 11 is 0. The first kappa shape index (κ1) is 24.5. The summed E-state index contributed by atoms with van der Waals surface area (Å²) in [6.07, 6.45) is -3.61. The van der Waals surface area contributed by atoms with Crippen molar-refractivity contribution in [3.8, 4) is 0 Å². The van der Waals surface area contributed by atoms with E-state index in [0.29, 0.717) is 0 Å². The van der Waals surface area contributed by atoms with Gasteiger partial charge in [-0.3, -0.25) is 18.0 Å². The number of aliphatic hydroxyl groups is 2. The van der Waals surface area contributed by atoms with Crippen LogP contribution in [0.25, 0.3) is 11.2 Å². The van der Waals surface area contributed by atoms with Crippen LogP contribution in [-0.2, 0) is 27.0 Å². The number of anilines is 1. The van der Waals surface area contributed by atoms with Crippen LogP contribution in [0.5, 0.6) is 0 Å². The molecule has 17 nitrogen and oxygen atoms in total. The normalized spacial score (nSPS) is 28.5. The Labute approximate surface area is 174 Å². The maximum absolute atomic E-state index is 11.9. The van der Waals surface area contributed by atoms with E-state index in [-0.39, 0.29) is 17.0 Å². The summed E-state index contributed by atoms with van der Waals surface area (Å²) in [6.45, 7) is -0.890. The molecule has 3 radical (unpaired) electrons. The Morgan fingerprint density at radius 2 is 1.94 bits per heavy atom. The Morgan fingerprint density at radius 3 is 2.58 bits per heavy atom. The first-order chi connectivity index (χ1) is 14.2. The number of aromatic nitrogens is 4. The fourth-order valence-electron chi connectivity index (χ4n) is 2.63. The van der Waals surface area contributed by atoms with Crippen LogP contribution >= 0.6 is 23.5 Å². The molecule has 0 bridgehead atoms. The minimum atomic E-state index is -6.05. The molecule has 21 heteroatoms. The van der Waals surface area contributed by atoms with Crippen molar-refractivity contribution in [3.63, 3.8) is 0 Å². The van der Waals surface area contributed by atoms with E-state index < -0.39 is 54.6 Å². The molecule has 1 fully saturated rings. The first-order valence-electron chi connectivity index (χ1n) is 7.93. The monoisotopic (exact) mass is 498 g/mol. The molecule has 6 unspecified atom stereocenters. The number of hydrogen-bond donors (Lipinski definition) is 3. The third-order valence-electron chi connectivity index (χ3n) is 3.83. The molecule has 0 saturated carbocycles. The van der Waals surface area contributed by atoms with Gasteiger partial charge < -0.3 is 44.8 Å². The first-order valence-corrected chi connectivity index (χ1v) is 12.5. The third kappa shape index (κ3) is 5.83. The molecule has 0 aromatic carbocycles. The molecule has 31 heavy (non-hydrogen) atoms. The number of nitrogen functional groups attached to an aromatic ring is 1. The summed E-state index contributed by atoms with van der Waals surface area (Å²) in [6, 6.07) is 0. The number of aliphatic hydroxyl groups excluding tert-OH is 2. The lowest BCUT2D eigenvalue weighted by Crippen LogP contribution is -2.34. The van der Waals surface area contributed by atoms with E-state index in [1.165, 1.54) is 10.9 Å². The van der Waals surface area contributed by atoms with Gasteiger partial charge in [-0.1, -0.05) is 0 Å². The second-order valence-electron chi connectivity index (χ2n) is 6.02. The molecular weight excluding hydrogens is 486 g/mol. The van der Waals surface area contributed by atoms with Gasteiger partial charge in [-0.05, 0) is 7.82 Å². The minimum absolute atomic E-state index is 0.0443. The van der Waals surface area contributed by atoms with Crippen LogP contribution in [0, 0.1) is 0 Å². The van der Waals surface area contributed by atoms with Crippen molar-refractivity contribution in [2.75, 3.05) is 12.3 Å². The topological polar surface area (TPSA) is 273 Å². The fourth-order valence-corrected chi connectivity index (χ4v) is 5.66. The summed E-state index contributed by atoms with van der Waals surface area (Å²) in [5, 5.41) is 20.4. The maximum atomic E-state index is 11.9. The number of nitrogens with two attached hydrogens (primary N) is 1. The average Bonchev–Trinajstić information content (AvgIpc) is 3.13. The number of rotatable bonds is 8. The molecule has 3 rings (SSSR count). The van der Waals surface area contributed by atoms with E-state index in [4.69, 9.17) is 18.0 Å². The zero-order valence-corrected chi connectivity index (χ0v) is 17.6. The summed E-state index contributed by atoms with van der Waals surface area (Å²) in [4.78, 5) is 55.6. The summed E-state index contributed by atoms with van der Waals surface area (Å²) in [5.41, 5.74) is 6.01. The quantitative estimate of drug-likeness (QED) is 0.229. The van der Waals surface area contributed by atoms with Gasteiger partial charge in [0.05, 0.1) is 14.2 Å². The van der Waals surface area contributed by atoms with E-state index in [1.807, 2.05) is 0 Å². The average molecular weight is 498 g/mol. The number of nitrogens with zero attached hydrogens (tertiary/aromatic N) is 4. The Morgan fingerprint density at radius 1 is 1.26 bits per heavy atom. The zero-order valence-electron chi connectivity index (χ0n) is 14.9. The van der Waals surface area contributed by atoms with Crippen molar-refractivity contribution in [1.82, 2.24) is 19.5 Å². The molecule has 171 valence electrons. The molecule has 0 aliphatic carbocycles. The van der Waals surface area contributed by atoms with Crippen LogP contribution in [0.4, 0.5) is 5.82 Å². The second kappa shape index (κ2) is 8.69. The van der Waals surface area contributed by atoms with E-state index in [1.54, 1.807) is 0 Å². The van der Waals surface area contributed by atoms with Gasteiger partial charge in [-0.25, -0.2) is 22.5 Å². The minimum Gasteiger partial charge on any atom is -0.790 e. The molecule has 0 spiro atoms. The second-order valence-corrected chi connectivity index (χ2v) is 10.5. The number of fused-ring (bicyclic) bond motifs is 1. The van der Waals surface area contributed by atoms with Crippen molar-refractivity contribution in [3.05, 3.63) is 12.7 Å². The van der Waals surface area contributed by atoms with Crippen molar-refractivity contribution in [2.24, 2.45) is 0 Å². The number of ether oxygens (including phenoxy) is 1. The van der Waals surface area contributed by atoms with Crippen LogP contribution in [-0.4, -0.2) is 62.2 Å². The molecule has 3 heterocycles. The SMILES string of the molecule is [B-][P+]([O-])(OCC1OC(n2cnc3c(N)ncnc32)C(O)C1O)OP(=O)([O-])OP(=O)([O-])[O-]. The number of hydrogen-bond acceptors (Lipinski definition) is 16. The molecule has 1 aliphatic rings. The van der Waals surface area contributed by atoms with Gasteiger partial charge in [0.1, 0.15) is 36.8 Å². The molecular formula is C10H12BN5O12P3-4. The number of imidazole rings is 1. The highest BCUT2D eigenvalue weighted by Crippen LogP contribution is 2.64. The van der Waals surface area contributed by atoms with Gasteiger partial charge in [0.25, 0.3) is 0 Å². The fraction of sp³-hybridized carbons (Fsp3) is 0.500. The van der Waals surface area contributed by atoms with Crippen LogP contribution in [0.2, 0.25) is 0 Å². The van der Waals surface area contributed by atoms with Crippen LogP contribution in [0.1, 0.15) is 6.23 Å². The summed E-state index contributed by atoms with van der Waals surface area (Å²) in [7, 11) is -12.0. The van der Waals surface area contributed by atoms with E-state index in [0.717, 1.165) is 6.33 Å². The van der Waals surface area contributed by atoms with Gasteiger partial charge in [-0.2, -0.15) is 4.31 Å². The molecule has 1 saturated heterocycles. The molecule has 1 aliphatic heterocycles. The van der Waals surface area contributed by atoms with Crippen molar-refractivity contribution >= 4 is 48.0 Å². The Bertz CT molecular complexity index is 1050. The molecule has 0 amide bonds. The lowest BCUT2D eigenvalue weighted by molar-refractivity contribution is -0.339. The maximum Gasteiger partial charge on any atom is 0.307 e. The Kier molecular flexibility index (Phi) is 6.88. The van der Waals surface area contributed by atoms with E-state index in [2.05, 4.69) is 28.1 Å². The highest BCUT2D eigenvalue weighted by Gasteiger charge is 2.45. The van der Waals surface area contributed by atoms with Crippen molar-refractivity contribution in [1.29, 1.82) is 0 Å². The highest BCUT2D eigenvalue weighted by atomic mass is 31.3. The predicted molar refractivity (Wildman–Crippen MR) is 91.7 cm³/mol. The standard InChI is InChI=1S/C10H15BN5O12P3/c11-29(19,27-31(23,24)28-30(20,21)22)25-1-4-6(17)7(18)10(26-4)16-3-15-5-8(12)13-2-14-9(5)16/h2-4,6-7,10,17-18H,1H2,(H,23,24)(H2,12,13,14)(H2,20,21,22)/q-1/p-3. The summed E-state index contributed by atoms with van der Waals surface area (Å²) < 4.78 is 39.7. The smallest absolute Gasteiger partial charge is 0.307 e. The third-order valence-corrected chi connectivity index (χ3v) is 7.65. The Hall–Kier alpha value is -1.10. The van der Waals surface area contributed by atoms with E-state index in [9.17, 15) is 38.9 Å². The van der Waals surface area contributed by atoms with Gasteiger partial charge in [0.2, 0.25) is 0 Å². The zero-order chi connectivity index (χ0) is 23.2. The summed E-state index contributed by atoms with van der Waals surface area (Å²) in [5.74, 6) is 0.0443. The lowest BCUT2D eigenvalue weighted by Gasteiger charge is -2.43. The van der Waals surface area contributed by atoms with Gasteiger partial charge >= 0.3 is 7.82 Å². The highest BCUT2D eigenvalue weighted by molar-refractivity contribution is 7.87. The van der Waals surface area contributed by atoms with Crippen LogP contribution < -0.4 is 25.3 Å². The van der Waals surface area contributed by atoms with Crippen molar-refractivity contribution < 1.29 is 56.8 Å². The molecule has 2 aromatic rings. The van der Waals surface area contributed by atoms with Gasteiger partial charge in [0, 0.05) is 0 Å². The molecule has 4 N–H and O–H groups in total. The number of phosphoric acid groups is 2. The largest absolute Gasteiger partial charge is 0.790 e. The lowest BCUT2D eigenvalue weighted by atomic mass is 10.1. The van der Waals surface area contributed by atoms with Gasteiger partial charge in [0.15, 0.2) is 17.7 Å². The molecule has 6 atom stereocenters. The molecule has 2 aromatic heterocycles. The predicted octanol–water partition coefficient (Wildman–Crippen LogP) is -4.42. The van der Waals surface area contributed by atoms with E-state index >= 15 is 0 Å². The van der Waals surface area contributed by atoms with Crippen LogP contribution in [0.15, 0.2) is 12.7 Å². The van der Waals surface area contributed by atoms with Crippen molar-refractivity contribution in [2.45, 2.75) is 24.5 Å². The van der Waals surface area contributed by atoms with Crippen LogP contribution in [0.3, 0.4) is 0 Å². The van der Waals surface area contributed by atoms with Gasteiger partial charge in [-0.15, -0.1) is 0 Å².